The van der Waals surface area contributed by atoms with Crippen molar-refractivity contribution < 1.29 is 9.53 Å². The lowest BCUT2D eigenvalue weighted by Gasteiger charge is -2.37. The fourth-order valence-corrected chi connectivity index (χ4v) is 3.55. The van der Waals surface area contributed by atoms with Crippen molar-refractivity contribution in [3.8, 4) is 0 Å². The van der Waals surface area contributed by atoms with Crippen LogP contribution >= 0.6 is 0 Å². The zero-order chi connectivity index (χ0) is 14.2. The summed E-state index contributed by atoms with van der Waals surface area (Å²) in [5, 5.41) is 0. The lowest BCUT2D eigenvalue weighted by atomic mass is 10.1. The molecule has 0 bridgehead atoms. The van der Waals surface area contributed by atoms with Gasteiger partial charge in [0.2, 0.25) is 0 Å². The van der Waals surface area contributed by atoms with Gasteiger partial charge in [0.25, 0.3) is 5.91 Å². The molecular weight excluding hydrogens is 266 g/mol. The molecule has 5 heteroatoms. The zero-order valence-corrected chi connectivity index (χ0v) is 12.4. The minimum Gasteiger partial charge on any atom is -0.380 e. The fourth-order valence-electron chi connectivity index (χ4n) is 3.55. The summed E-state index contributed by atoms with van der Waals surface area (Å²) < 4.78 is 5.47. The number of nitrogens with zero attached hydrogens (tertiary/aromatic N) is 2. The molecule has 1 aliphatic carbocycles. The molecule has 1 aromatic heterocycles. The first-order valence-corrected chi connectivity index (χ1v) is 8.11. The summed E-state index contributed by atoms with van der Waals surface area (Å²) in [5.74, 6) is 0.802. The van der Waals surface area contributed by atoms with Crippen LogP contribution in [-0.2, 0) is 4.74 Å². The number of rotatable bonds is 3. The van der Waals surface area contributed by atoms with Crippen LogP contribution in [0, 0.1) is 0 Å². The first-order valence-electron chi connectivity index (χ1n) is 8.11. The number of hydrogen-bond donors (Lipinski definition) is 1. The Kier molecular flexibility index (Phi) is 3.47. The van der Waals surface area contributed by atoms with Crippen molar-refractivity contribution in [1.82, 2.24) is 14.8 Å². The highest BCUT2D eigenvalue weighted by atomic mass is 16.5. The molecule has 1 N–H and O–H groups in total. The van der Waals surface area contributed by atoms with E-state index in [0.29, 0.717) is 12.0 Å². The molecule has 114 valence electrons. The maximum absolute atomic E-state index is 12.7. The van der Waals surface area contributed by atoms with E-state index in [2.05, 4.69) is 9.88 Å². The smallest absolute Gasteiger partial charge is 0.255 e. The molecule has 0 radical (unpaired) electrons. The van der Waals surface area contributed by atoms with Gasteiger partial charge >= 0.3 is 0 Å². The standard InChI is InChI=1S/C16H23N3O2/c20-16(14-3-5-17-15(14)12-1-2-12)19-8-6-18(7-9-19)13-4-10-21-11-13/h3,5,12-13,17H,1-2,4,6-11H2. The van der Waals surface area contributed by atoms with E-state index in [0.717, 1.165) is 57.1 Å². The maximum atomic E-state index is 12.7. The third kappa shape index (κ3) is 2.60. The Morgan fingerprint density at radius 3 is 2.67 bits per heavy atom. The van der Waals surface area contributed by atoms with Crippen molar-refractivity contribution in [2.75, 3.05) is 39.4 Å². The predicted octanol–water partition coefficient (Wildman–Crippen LogP) is 1.44. The van der Waals surface area contributed by atoms with E-state index in [1.807, 2.05) is 17.2 Å². The van der Waals surface area contributed by atoms with Gasteiger partial charge in [0.05, 0.1) is 12.2 Å². The average molecular weight is 289 g/mol. The van der Waals surface area contributed by atoms with Gasteiger partial charge in [-0.25, -0.2) is 0 Å². The predicted molar refractivity (Wildman–Crippen MR) is 79.5 cm³/mol. The molecule has 3 heterocycles. The van der Waals surface area contributed by atoms with Crippen molar-refractivity contribution >= 4 is 5.91 Å². The second kappa shape index (κ2) is 5.46. The summed E-state index contributed by atoms with van der Waals surface area (Å²) in [6, 6.07) is 2.52. The third-order valence-corrected chi connectivity index (χ3v) is 5.02. The Hall–Kier alpha value is -1.33. The van der Waals surface area contributed by atoms with Crippen molar-refractivity contribution in [3.63, 3.8) is 0 Å². The van der Waals surface area contributed by atoms with Crippen molar-refractivity contribution in [2.24, 2.45) is 0 Å². The highest BCUT2D eigenvalue weighted by molar-refractivity contribution is 5.95. The lowest BCUT2D eigenvalue weighted by Crippen LogP contribution is -2.52. The molecule has 1 amide bonds. The Labute approximate surface area is 125 Å². The van der Waals surface area contributed by atoms with Gasteiger partial charge in [-0.1, -0.05) is 0 Å². The van der Waals surface area contributed by atoms with Gasteiger partial charge in [0.15, 0.2) is 0 Å². The molecule has 4 rings (SSSR count). The first-order chi connectivity index (χ1) is 10.3. The van der Waals surface area contributed by atoms with Crippen LogP contribution in [0.1, 0.15) is 41.2 Å². The molecule has 3 aliphatic rings. The summed E-state index contributed by atoms with van der Waals surface area (Å²) >= 11 is 0. The Morgan fingerprint density at radius 2 is 2.00 bits per heavy atom. The van der Waals surface area contributed by atoms with Crippen molar-refractivity contribution in [3.05, 3.63) is 23.5 Å². The summed E-state index contributed by atoms with van der Waals surface area (Å²) in [6.45, 7) is 5.37. The molecule has 21 heavy (non-hydrogen) atoms. The van der Waals surface area contributed by atoms with E-state index >= 15 is 0 Å². The number of nitrogens with one attached hydrogen (secondary N) is 1. The average Bonchev–Trinajstić information content (AvgIpc) is 3.05. The van der Waals surface area contributed by atoms with Crippen molar-refractivity contribution in [1.29, 1.82) is 0 Å². The topological polar surface area (TPSA) is 48.6 Å². The largest absolute Gasteiger partial charge is 0.380 e. The molecule has 1 atom stereocenters. The second-order valence-corrected chi connectivity index (χ2v) is 6.42. The van der Waals surface area contributed by atoms with E-state index < -0.39 is 0 Å². The lowest BCUT2D eigenvalue weighted by molar-refractivity contribution is 0.0548. The van der Waals surface area contributed by atoms with Crippen LogP contribution in [0.5, 0.6) is 0 Å². The Morgan fingerprint density at radius 1 is 1.19 bits per heavy atom. The van der Waals surface area contributed by atoms with Gasteiger partial charge in [-0.3, -0.25) is 9.69 Å². The van der Waals surface area contributed by atoms with Crippen LogP contribution in [0.2, 0.25) is 0 Å². The minimum atomic E-state index is 0.209. The van der Waals surface area contributed by atoms with E-state index in [1.165, 1.54) is 12.8 Å². The number of ether oxygens (including phenoxy) is 1. The van der Waals surface area contributed by atoms with E-state index in [9.17, 15) is 4.79 Å². The van der Waals surface area contributed by atoms with E-state index in [4.69, 9.17) is 4.74 Å². The monoisotopic (exact) mass is 289 g/mol. The van der Waals surface area contributed by atoms with Gasteiger partial charge in [-0.05, 0) is 31.2 Å². The third-order valence-electron chi connectivity index (χ3n) is 5.02. The Balaban J connectivity index is 1.38. The summed E-state index contributed by atoms with van der Waals surface area (Å²) in [6.07, 6.45) is 5.48. The summed E-state index contributed by atoms with van der Waals surface area (Å²) in [7, 11) is 0. The highest BCUT2D eigenvalue weighted by Crippen LogP contribution is 2.41. The SMILES string of the molecule is O=C(c1cc[nH]c1C1CC1)N1CCN(C2CCOC2)CC1. The maximum Gasteiger partial charge on any atom is 0.255 e. The number of piperazine rings is 1. The molecule has 1 aromatic rings. The minimum absolute atomic E-state index is 0.209. The van der Waals surface area contributed by atoms with Gasteiger partial charge in [-0.2, -0.15) is 0 Å². The first kappa shape index (κ1) is 13.3. The second-order valence-electron chi connectivity index (χ2n) is 6.42. The van der Waals surface area contributed by atoms with Crippen LogP contribution in [0.25, 0.3) is 0 Å². The normalized spacial score (nSPS) is 27.2. The van der Waals surface area contributed by atoms with Gasteiger partial charge < -0.3 is 14.6 Å². The molecular formula is C16H23N3O2. The van der Waals surface area contributed by atoms with Gasteiger partial charge in [-0.15, -0.1) is 0 Å². The molecule has 0 spiro atoms. The quantitative estimate of drug-likeness (QED) is 0.916. The summed E-state index contributed by atoms with van der Waals surface area (Å²) in [4.78, 5) is 20.5. The number of H-pyrrole nitrogens is 1. The molecule has 1 unspecified atom stereocenters. The fraction of sp³-hybridized carbons (Fsp3) is 0.688. The molecule has 5 nitrogen and oxygen atoms in total. The van der Waals surface area contributed by atoms with Crippen LogP contribution in [0.4, 0.5) is 0 Å². The summed E-state index contributed by atoms with van der Waals surface area (Å²) in [5.41, 5.74) is 2.06. The number of carbonyl (C=O) groups is 1. The molecule has 2 saturated heterocycles. The van der Waals surface area contributed by atoms with Gasteiger partial charge in [0.1, 0.15) is 0 Å². The van der Waals surface area contributed by atoms with Gasteiger partial charge in [0, 0.05) is 50.7 Å². The van der Waals surface area contributed by atoms with E-state index in [-0.39, 0.29) is 5.91 Å². The van der Waals surface area contributed by atoms with Crippen LogP contribution in [0.3, 0.4) is 0 Å². The molecule has 0 aromatic carbocycles. The highest BCUT2D eigenvalue weighted by Gasteiger charge is 2.33. The number of hydrogen-bond acceptors (Lipinski definition) is 3. The zero-order valence-electron chi connectivity index (χ0n) is 12.4. The van der Waals surface area contributed by atoms with Crippen LogP contribution in [0.15, 0.2) is 12.3 Å². The molecule has 1 saturated carbocycles. The number of carbonyl (C=O) groups excluding carboxylic acids is 1. The van der Waals surface area contributed by atoms with E-state index in [1.54, 1.807) is 0 Å². The van der Waals surface area contributed by atoms with Crippen molar-refractivity contribution in [2.45, 2.75) is 31.2 Å². The molecule has 3 fully saturated rings. The van der Waals surface area contributed by atoms with Crippen LogP contribution < -0.4 is 0 Å². The molecule has 2 aliphatic heterocycles. The van der Waals surface area contributed by atoms with Crippen LogP contribution in [-0.4, -0.2) is 66.1 Å². The number of aromatic nitrogens is 1. The Bertz CT molecular complexity index is 509. The number of aromatic amines is 1. The number of amides is 1.